The van der Waals surface area contributed by atoms with Gasteiger partial charge in [0.05, 0.1) is 10.8 Å². The van der Waals surface area contributed by atoms with Crippen molar-refractivity contribution >= 4 is 18.0 Å². The van der Waals surface area contributed by atoms with Crippen LogP contribution in [0.5, 0.6) is 0 Å². The van der Waals surface area contributed by atoms with Crippen LogP contribution < -0.4 is 10.6 Å². The number of carboxylic acids is 1. The minimum atomic E-state index is -0.910. The quantitative estimate of drug-likeness (QED) is 0.527. The maximum atomic E-state index is 12.8. The van der Waals surface area contributed by atoms with Crippen LogP contribution in [-0.2, 0) is 14.3 Å². The highest BCUT2D eigenvalue weighted by molar-refractivity contribution is 5.85. The fourth-order valence-corrected chi connectivity index (χ4v) is 5.91. The number of benzene rings is 2. The Morgan fingerprint density at radius 2 is 1.60 bits per heavy atom. The van der Waals surface area contributed by atoms with Crippen molar-refractivity contribution in [2.24, 2.45) is 16.2 Å². The Balaban J connectivity index is 1.13. The number of amides is 2. The first kappa shape index (κ1) is 23.4. The molecule has 3 N–H and O–H groups in total. The second-order valence-corrected chi connectivity index (χ2v) is 10.9. The van der Waals surface area contributed by atoms with Crippen LogP contribution in [-0.4, -0.2) is 42.8 Å². The molecule has 3 aliphatic rings. The average Bonchev–Trinajstić information content (AvgIpc) is 3.45. The maximum absolute atomic E-state index is 12.8. The van der Waals surface area contributed by atoms with E-state index in [0.29, 0.717) is 6.42 Å². The second kappa shape index (κ2) is 8.40. The molecule has 1 atom stereocenters. The molecule has 0 aromatic heterocycles. The van der Waals surface area contributed by atoms with Crippen molar-refractivity contribution in [3.63, 3.8) is 0 Å². The Hall–Kier alpha value is -3.35. The van der Waals surface area contributed by atoms with E-state index in [1.54, 1.807) is 13.8 Å². The van der Waals surface area contributed by atoms with Gasteiger partial charge >= 0.3 is 12.1 Å². The van der Waals surface area contributed by atoms with Gasteiger partial charge in [0.15, 0.2) is 0 Å². The molecule has 0 heterocycles. The van der Waals surface area contributed by atoms with Crippen molar-refractivity contribution in [3.05, 3.63) is 59.7 Å². The zero-order chi connectivity index (χ0) is 24.8. The summed E-state index contributed by atoms with van der Waals surface area (Å²) in [6.45, 7) is 3.88. The van der Waals surface area contributed by atoms with Crippen LogP contribution >= 0.6 is 0 Å². The molecule has 7 heteroatoms. The van der Waals surface area contributed by atoms with E-state index in [0.717, 1.165) is 41.5 Å². The van der Waals surface area contributed by atoms with E-state index >= 15 is 0 Å². The summed E-state index contributed by atoms with van der Waals surface area (Å²) in [7, 11) is 0. The molecule has 2 fully saturated rings. The third kappa shape index (κ3) is 3.87. The number of hydrogen-bond donors (Lipinski definition) is 3. The van der Waals surface area contributed by atoms with Crippen molar-refractivity contribution in [2.45, 2.75) is 45.4 Å². The molecule has 0 bridgehead atoms. The zero-order valence-corrected chi connectivity index (χ0v) is 20.2. The van der Waals surface area contributed by atoms with E-state index in [2.05, 4.69) is 34.9 Å². The van der Waals surface area contributed by atoms with E-state index < -0.39 is 22.9 Å². The van der Waals surface area contributed by atoms with E-state index in [1.165, 1.54) is 0 Å². The molecule has 2 aromatic carbocycles. The van der Waals surface area contributed by atoms with Gasteiger partial charge in [-0.1, -0.05) is 55.0 Å². The Morgan fingerprint density at radius 1 is 1.00 bits per heavy atom. The SMILES string of the molecule is CC(C)(CNC(=O)OCC1c2ccccc2-c2ccccc21)C(=O)NCC1(C(=O)O)CC12CCC2. The fourth-order valence-electron chi connectivity index (χ4n) is 5.91. The summed E-state index contributed by atoms with van der Waals surface area (Å²) in [5, 5.41) is 15.3. The van der Waals surface area contributed by atoms with Crippen molar-refractivity contribution in [1.82, 2.24) is 10.6 Å². The fraction of sp³-hybridized carbons (Fsp3) is 0.464. The normalized spacial score (nSPS) is 21.4. The lowest BCUT2D eigenvalue weighted by molar-refractivity contribution is -0.146. The maximum Gasteiger partial charge on any atom is 0.407 e. The molecule has 0 saturated heterocycles. The lowest BCUT2D eigenvalue weighted by Gasteiger charge is -2.32. The highest BCUT2D eigenvalue weighted by atomic mass is 16.5. The standard InChI is InChI=1S/C28H32N2O5/c1-26(2,23(31)29-17-28(24(32)33)15-27(28)12-7-13-27)16-30-25(34)35-14-22-20-10-5-3-8-18(20)19-9-4-6-11-21(19)22/h3-6,8-11,22H,7,12-17H2,1-2H3,(H,29,31)(H,30,34)(H,32,33). The van der Waals surface area contributed by atoms with Crippen LogP contribution in [0.3, 0.4) is 0 Å². The summed E-state index contributed by atoms with van der Waals surface area (Å²) in [5.74, 6) is -1.14. The minimum absolute atomic E-state index is 0.0333. The van der Waals surface area contributed by atoms with Crippen LogP contribution in [0.25, 0.3) is 11.1 Å². The van der Waals surface area contributed by atoms with E-state index in [4.69, 9.17) is 4.74 Å². The van der Waals surface area contributed by atoms with Crippen LogP contribution in [0.15, 0.2) is 48.5 Å². The van der Waals surface area contributed by atoms with Gasteiger partial charge in [-0.2, -0.15) is 0 Å². The molecule has 2 aromatic rings. The van der Waals surface area contributed by atoms with Crippen molar-refractivity contribution in [3.8, 4) is 11.1 Å². The summed E-state index contributed by atoms with van der Waals surface area (Å²) >= 11 is 0. The van der Waals surface area contributed by atoms with Gasteiger partial charge in [0.2, 0.25) is 5.91 Å². The summed E-state index contributed by atoms with van der Waals surface area (Å²) in [6, 6.07) is 16.3. The van der Waals surface area contributed by atoms with Crippen molar-refractivity contribution in [1.29, 1.82) is 0 Å². The van der Waals surface area contributed by atoms with E-state index in [1.807, 2.05) is 24.3 Å². The van der Waals surface area contributed by atoms with Gasteiger partial charge in [0.1, 0.15) is 6.61 Å². The van der Waals surface area contributed by atoms with Gasteiger partial charge in [-0.05, 0) is 60.8 Å². The molecule has 184 valence electrons. The van der Waals surface area contributed by atoms with Crippen LogP contribution in [0, 0.1) is 16.2 Å². The predicted octanol–water partition coefficient (Wildman–Crippen LogP) is 4.31. The van der Waals surface area contributed by atoms with Crippen LogP contribution in [0.2, 0.25) is 0 Å². The molecule has 0 radical (unpaired) electrons. The Bertz CT molecular complexity index is 1140. The predicted molar refractivity (Wildman–Crippen MR) is 131 cm³/mol. The van der Waals surface area contributed by atoms with Crippen LogP contribution in [0.4, 0.5) is 4.79 Å². The molecule has 7 nitrogen and oxygen atoms in total. The lowest BCUT2D eigenvalue weighted by Crippen LogP contribution is -2.48. The Kier molecular flexibility index (Phi) is 5.61. The summed E-state index contributed by atoms with van der Waals surface area (Å²) in [4.78, 5) is 37.2. The first-order valence-corrected chi connectivity index (χ1v) is 12.3. The minimum Gasteiger partial charge on any atom is -0.481 e. The number of ether oxygens (including phenoxy) is 1. The molecule has 3 aliphatic carbocycles. The first-order chi connectivity index (χ1) is 16.7. The number of carboxylic acid groups (broad SMARTS) is 1. The molecular formula is C28H32N2O5. The number of alkyl carbamates (subject to hydrolysis) is 1. The zero-order valence-electron chi connectivity index (χ0n) is 20.2. The summed E-state index contributed by atoms with van der Waals surface area (Å²) in [5.41, 5.74) is 2.72. The Morgan fingerprint density at radius 3 is 2.11 bits per heavy atom. The molecule has 2 saturated carbocycles. The number of hydrogen-bond acceptors (Lipinski definition) is 4. The molecule has 1 unspecified atom stereocenters. The van der Waals surface area contributed by atoms with Gasteiger partial charge in [0.25, 0.3) is 0 Å². The van der Waals surface area contributed by atoms with Gasteiger partial charge < -0.3 is 20.5 Å². The van der Waals surface area contributed by atoms with Crippen molar-refractivity contribution in [2.75, 3.05) is 19.7 Å². The smallest absolute Gasteiger partial charge is 0.407 e. The number of carbonyl (C=O) groups is 3. The molecule has 0 aliphatic heterocycles. The number of aliphatic carboxylic acids is 1. The summed E-state index contributed by atoms with van der Waals surface area (Å²) < 4.78 is 5.56. The molecule has 2 amide bonds. The monoisotopic (exact) mass is 476 g/mol. The second-order valence-electron chi connectivity index (χ2n) is 10.9. The first-order valence-electron chi connectivity index (χ1n) is 12.3. The lowest BCUT2D eigenvalue weighted by atomic mass is 9.75. The third-order valence-corrected chi connectivity index (χ3v) is 8.43. The van der Waals surface area contributed by atoms with Gasteiger partial charge in [-0.25, -0.2) is 4.79 Å². The van der Waals surface area contributed by atoms with E-state index in [-0.39, 0.29) is 36.9 Å². The average molecular weight is 477 g/mol. The van der Waals surface area contributed by atoms with Gasteiger partial charge in [0, 0.05) is 19.0 Å². The van der Waals surface area contributed by atoms with E-state index in [9.17, 15) is 19.5 Å². The molecular weight excluding hydrogens is 444 g/mol. The largest absolute Gasteiger partial charge is 0.481 e. The van der Waals surface area contributed by atoms with Crippen LogP contribution in [0.1, 0.15) is 56.6 Å². The third-order valence-electron chi connectivity index (χ3n) is 8.43. The van der Waals surface area contributed by atoms with Gasteiger partial charge in [-0.3, -0.25) is 9.59 Å². The number of nitrogens with one attached hydrogen (secondary N) is 2. The Labute approximate surface area is 205 Å². The highest BCUT2D eigenvalue weighted by Gasteiger charge is 2.73. The summed E-state index contributed by atoms with van der Waals surface area (Å²) in [6.07, 6.45) is 2.95. The molecule has 5 rings (SSSR count). The highest BCUT2D eigenvalue weighted by Crippen LogP contribution is 2.73. The van der Waals surface area contributed by atoms with Gasteiger partial charge in [-0.15, -0.1) is 0 Å². The number of rotatable bonds is 8. The van der Waals surface area contributed by atoms with Crippen molar-refractivity contribution < 1.29 is 24.2 Å². The topological polar surface area (TPSA) is 105 Å². The molecule has 35 heavy (non-hydrogen) atoms. The number of carbonyl (C=O) groups excluding carboxylic acids is 2. The molecule has 1 spiro atoms. The number of fused-ring (bicyclic) bond motifs is 3.